The molecule has 1 aromatic carbocycles. The van der Waals surface area contributed by atoms with Crippen molar-refractivity contribution >= 4 is 21.4 Å². The molecule has 0 aliphatic carbocycles. The molecule has 0 radical (unpaired) electrons. The van der Waals surface area contributed by atoms with Gasteiger partial charge in [0.2, 0.25) is 10.0 Å². The van der Waals surface area contributed by atoms with Crippen molar-refractivity contribution in [3.05, 3.63) is 18.2 Å². The monoisotopic (exact) mass is 287 g/mol. The number of nitrogen functional groups attached to an aromatic ring is 1. The van der Waals surface area contributed by atoms with E-state index in [9.17, 15) is 8.42 Å². The molecule has 0 atom stereocenters. The summed E-state index contributed by atoms with van der Waals surface area (Å²) in [5, 5.41) is 0. The number of nitrogens with zero attached hydrogens (tertiary/aromatic N) is 1. The highest BCUT2D eigenvalue weighted by Gasteiger charge is 2.19. The van der Waals surface area contributed by atoms with Crippen molar-refractivity contribution in [3.63, 3.8) is 0 Å². The van der Waals surface area contributed by atoms with Crippen LogP contribution in [0.3, 0.4) is 0 Å². The zero-order valence-electron chi connectivity index (χ0n) is 11.5. The molecule has 0 aliphatic heterocycles. The Kier molecular flexibility index (Phi) is 5.59. The van der Waals surface area contributed by atoms with Crippen molar-refractivity contribution in [2.45, 2.75) is 11.3 Å². The van der Waals surface area contributed by atoms with Gasteiger partial charge < -0.3 is 15.4 Å². The summed E-state index contributed by atoms with van der Waals surface area (Å²) in [6.07, 6.45) is 0.816. The van der Waals surface area contributed by atoms with Gasteiger partial charge in [-0.05, 0) is 31.7 Å². The predicted molar refractivity (Wildman–Crippen MR) is 76.9 cm³/mol. The molecule has 1 rings (SSSR count). The van der Waals surface area contributed by atoms with Gasteiger partial charge in [-0.3, -0.25) is 0 Å². The van der Waals surface area contributed by atoms with E-state index in [4.69, 9.17) is 10.5 Å². The first-order valence-electron chi connectivity index (χ1n) is 5.95. The highest BCUT2D eigenvalue weighted by Crippen LogP contribution is 2.26. The van der Waals surface area contributed by atoms with Crippen LogP contribution in [0.1, 0.15) is 6.42 Å². The van der Waals surface area contributed by atoms with E-state index in [1.807, 2.05) is 11.9 Å². The minimum absolute atomic E-state index is 0.190. The average Bonchev–Trinajstić information content (AvgIpc) is 2.38. The summed E-state index contributed by atoms with van der Waals surface area (Å²) in [4.78, 5) is 2.07. The van der Waals surface area contributed by atoms with E-state index in [1.165, 1.54) is 13.1 Å². The van der Waals surface area contributed by atoms with Crippen LogP contribution in [0.15, 0.2) is 23.1 Å². The van der Waals surface area contributed by atoms with Crippen LogP contribution in [0.2, 0.25) is 0 Å². The summed E-state index contributed by atoms with van der Waals surface area (Å²) in [5.41, 5.74) is 6.71. The molecular weight excluding hydrogens is 266 g/mol. The van der Waals surface area contributed by atoms with Gasteiger partial charge in [0.25, 0.3) is 0 Å². The van der Waals surface area contributed by atoms with Crippen LogP contribution >= 0.6 is 0 Å². The second kappa shape index (κ2) is 6.74. The van der Waals surface area contributed by atoms with Crippen molar-refractivity contribution in [1.29, 1.82) is 0 Å². The van der Waals surface area contributed by atoms with Crippen LogP contribution in [-0.2, 0) is 14.8 Å². The Bertz CT molecular complexity index is 517. The molecule has 0 unspecified atom stereocenters. The minimum atomic E-state index is -3.53. The van der Waals surface area contributed by atoms with E-state index in [-0.39, 0.29) is 4.90 Å². The van der Waals surface area contributed by atoms with Crippen LogP contribution in [0.4, 0.5) is 11.4 Å². The molecule has 1 aromatic rings. The summed E-state index contributed by atoms with van der Waals surface area (Å²) >= 11 is 0. The molecule has 0 bridgehead atoms. The van der Waals surface area contributed by atoms with Gasteiger partial charge >= 0.3 is 0 Å². The van der Waals surface area contributed by atoms with Gasteiger partial charge in [0.15, 0.2) is 0 Å². The van der Waals surface area contributed by atoms with Crippen molar-refractivity contribution in [1.82, 2.24) is 4.72 Å². The topological polar surface area (TPSA) is 84.7 Å². The molecule has 0 heterocycles. The zero-order chi connectivity index (χ0) is 14.5. The van der Waals surface area contributed by atoms with E-state index >= 15 is 0 Å². The van der Waals surface area contributed by atoms with Crippen molar-refractivity contribution in [2.75, 3.05) is 45.0 Å². The molecule has 0 amide bonds. The predicted octanol–water partition coefficient (Wildman–Crippen LogP) is 0.650. The third-order valence-corrected chi connectivity index (χ3v) is 4.24. The van der Waals surface area contributed by atoms with Crippen LogP contribution < -0.4 is 15.4 Å². The van der Waals surface area contributed by atoms with Crippen LogP contribution in [0.5, 0.6) is 0 Å². The quantitative estimate of drug-likeness (QED) is 0.568. The molecule has 0 fully saturated rings. The Morgan fingerprint density at radius 2 is 2.11 bits per heavy atom. The fourth-order valence-electron chi connectivity index (χ4n) is 1.74. The number of methoxy groups -OCH3 is 1. The van der Waals surface area contributed by atoms with Gasteiger partial charge in [-0.2, -0.15) is 0 Å². The van der Waals surface area contributed by atoms with E-state index in [2.05, 4.69) is 4.72 Å². The van der Waals surface area contributed by atoms with Gasteiger partial charge in [0, 0.05) is 33.0 Å². The molecule has 3 N–H and O–H groups in total. The van der Waals surface area contributed by atoms with Crippen LogP contribution in [-0.4, -0.2) is 42.8 Å². The third-order valence-electron chi connectivity index (χ3n) is 2.80. The molecule has 19 heavy (non-hydrogen) atoms. The molecule has 6 nitrogen and oxygen atoms in total. The maximum absolute atomic E-state index is 12.0. The molecule has 0 saturated carbocycles. The molecule has 0 aliphatic rings. The Morgan fingerprint density at radius 3 is 2.68 bits per heavy atom. The number of anilines is 2. The Morgan fingerprint density at radius 1 is 1.42 bits per heavy atom. The van der Waals surface area contributed by atoms with Crippen molar-refractivity contribution < 1.29 is 13.2 Å². The maximum atomic E-state index is 12.0. The van der Waals surface area contributed by atoms with Crippen LogP contribution in [0, 0.1) is 0 Å². The summed E-state index contributed by atoms with van der Waals surface area (Å²) in [6, 6.07) is 4.87. The molecular formula is C12H21N3O3S. The lowest BCUT2D eigenvalue weighted by atomic mass is 10.2. The Balaban J connectivity index is 3.07. The first-order chi connectivity index (χ1) is 8.92. The smallest absolute Gasteiger partial charge is 0.242 e. The highest BCUT2D eigenvalue weighted by atomic mass is 32.2. The number of ether oxygens (including phenoxy) is 1. The second-order valence-corrected chi connectivity index (χ2v) is 6.06. The second-order valence-electron chi connectivity index (χ2n) is 4.20. The summed E-state index contributed by atoms with van der Waals surface area (Å²) in [5.74, 6) is 0. The summed E-state index contributed by atoms with van der Waals surface area (Å²) < 4.78 is 31.3. The first kappa shape index (κ1) is 15.7. The number of sulfonamides is 1. The molecule has 0 aromatic heterocycles. The minimum Gasteiger partial charge on any atom is -0.399 e. The van der Waals surface area contributed by atoms with Gasteiger partial charge in [0.1, 0.15) is 4.90 Å². The lowest BCUT2D eigenvalue weighted by Crippen LogP contribution is -2.25. The number of nitrogens with one attached hydrogen (secondary N) is 1. The molecule has 0 spiro atoms. The Labute approximate surface area is 114 Å². The fourth-order valence-corrected chi connectivity index (χ4v) is 2.75. The van der Waals surface area contributed by atoms with E-state index in [0.29, 0.717) is 24.5 Å². The maximum Gasteiger partial charge on any atom is 0.242 e. The fraction of sp³-hybridized carbons (Fsp3) is 0.500. The Hall–Kier alpha value is -1.31. The largest absolute Gasteiger partial charge is 0.399 e. The van der Waals surface area contributed by atoms with Crippen molar-refractivity contribution in [2.24, 2.45) is 0 Å². The first-order valence-corrected chi connectivity index (χ1v) is 7.44. The lowest BCUT2D eigenvalue weighted by Gasteiger charge is -2.22. The number of rotatable bonds is 7. The highest BCUT2D eigenvalue weighted by molar-refractivity contribution is 7.89. The SMILES string of the molecule is CNS(=O)(=O)c1cc(N)ccc1N(C)CCCOC. The third kappa shape index (κ3) is 4.09. The molecule has 7 heteroatoms. The normalized spacial score (nSPS) is 11.5. The number of benzene rings is 1. The van der Waals surface area contributed by atoms with Crippen molar-refractivity contribution in [3.8, 4) is 0 Å². The summed E-state index contributed by atoms with van der Waals surface area (Å²) in [6.45, 7) is 1.33. The zero-order valence-corrected chi connectivity index (χ0v) is 12.3. The average molecular weight is 287 g/mol. The van der Waals surface area contributed by atoms with Gasteiger partial charge in [-0.1, -0.05) is 0 Å². The van der Waals surface area contributed by atoms with Crippen LogP contribution in [0.25, 0.3) is 0 Å². The molecule has 0 saturated heterocycles. The number of nitrogens with two attached hydrogens (primary N) is 1. The lowest BCUT2D eigenvalue weighted by molar-refractivity contribution is 0.196. The van der Waals surface area contributed by atoms with E-state index in [1.54, 1.807) is 19.2 Å². The van der Waals surface area contributed by atoms with Gasteiger partial charge in [-0.25, -0.2) is 13.1 Å². The van der Waals surface area contributed by atoms with E-state index < -0.39 is 10.0 Å². The summed E-state index contributed by atoms with van der Waals surface area (Å²) in [7, 11) is 1.33. The van der Waals surface area contributed by atoms with Gasteiger partial charge in [0.05, 0.1) is 5.69 Å². The number of hydrogen-bond donors (Lipinski definition) is 2. The number of hydrogen-bond acceptors (Lipinski definition) is 5. The van der Waals surface area contributed by atoms with E-state index in [0.717, 1.165) is 6.42 Å². The standard InChI is InChI=1S/C12H21N3O3S/c1-14-19(16,17)12-9-10(13)5-6-11(12)15(2)7-4-8-18-3/h5-6,9,14H,4,7-8,13H2,1-3H3. The van der Waals surface area contributed by atoms with Gasteiger partial charge in [-0.15, -0.1) is 0 Å². The molecule has 108 valence electrons.